The summed E-state index contributed by atoms with van der Waals surface area (Å²) in [6.07, 6.45) is 6.75. The predicted octanol–water partition coefficient (Wildman–Crippen LogP) is 3.31. The summed E-state index contributed by atoms with van der Waals surface area (Å²) in [7, 11) is 0. The van der Waals surface area contributed by atoms with Crippen LogP contribution in [0.4, 0.5) is 5.69 Å². The maximum Gasteiger partial charge on any atom is 0.251 e. The van der Waals surface area contributed by atoms with E-state index >= 15 is 0 Å². The van der Waals surface area contributed by atoms with Crippen molar-refractivity contribution in [2.45, 2.75) is 19.3 Å². The highest BCUT2D eigenvalue weighted by Gasteiger charge is 2.15. The van der Waals surface area contributed by atoms with Gasteiger partial charge in [-0.15, -0.1) is 24.8 Å². The van der Waals surface area contributed by atoms with Gasteiger partial charge in [-0.3, -0.25) is 9.78 Å². The number of halogens is 2. The van der Waals surface area contributed by atoms with Crippen molar-refractivity contribution in [2.24, 2.45) is 5.92 Å². The third-order valence-corrected chi connectivity index (χ3v) is 4.53. The zero-order chi connectivity index (χ0) is 17.3. The Kier molecular flexibility index (Phi) is 10.8. The number of hydrogen-bond donors (Lipinski definition) is 3. The lowest BCUT2D eigenvalue weighted by Crippen LogP contribution is -2.25. The van der Waals surface area contributed by atoms with Crippen LogP contribution < -0.4 is 16.0 Å². The molecule has 1 aromatic carbocycles. The molecule has 0 radical (unpaired) electrons. The van der Waals surface area contributed by atoms with Crippen LogP contribution in [0.25, 0.3) is 0 Å². The topological polar surface area (TPSA) is 66.0 Å². The first-order valence-electron chi connectivity index (χ1n) is 9.03. The smallest absolute Gasteiger partial charge is 0.251 e. The van der Waals surface area contributed by atoms with E-state index in [9.17, 15) is 4.79 Å². The number of nitrogens with zero attached hydrogens (tertiary/aromatic N) is 1. The number of amides is 1. The molecule has 0 saturated carbocycles. The molecule has 1 aliphatic rings. The van der Waals surface area contributed by atoms with Crippen molar-refractivity contribution in [3.05, 3.63) is 59.9 Å². The molecule has 3 rings (SSSR count). The number of carbonyl (C=O) groups excluding carboxylic acids is 1. The van der Waals surface area contributed by atoms with Gasteiger partial charge in [-0.1, -0.05) is 12.1 Å². The van der Waals surface area contributed by atoms with Gasteiger partial charge in [0, 0.05) is 31.0 Å². The van der Waals surface area contributed by atoms with E-state index in [-0.39, 0.29) is 30.7 Å². The number of anilines is 1. The number of hydrogen-bond acceptors (Lipinski definition) is 4. The fourth-order valence-electron chi connectivity index (χ4n) is 3.11. The van der Waals surface area contributed by atoms with Gasteiger partial charge in [0.05, 0.1) is 5.69 Å². The minimum Gasteiger partial charge on any atom is -0.384 e. The van der Waals surface area contributed by atoms with Crippen LogP contribution in [-0.4, -0.2) is 37.1 Å². The number of nitrogens with one attached hydrogen (secondary N) is 3. The van der Waals surface area contributed by atoms with E-state index < -0.39 is 0 Å². The maximum absolute atomic E-state index is 12.2. The van der Waals surface area contributed by atoms with Gasteiger partial charge in [-0.2, -0.15) is 0 Å². The van der Waals surface area contributed by atoms with Crippen molar-refractivity contribution in [2.75, 3.05) is 31.5 Å². The second-order valence-corrected chi connectivity index (χ2v) is 6.54. The van der Waals surface area contributed by atoms with Crippen LogP contribution in [-0.2, 0) is 6.42 Å². The number of pyridine rings is 1. The van der Waals surface area contributed by atoms with Gasteiger partial charge >= 0.3 is 0 Å². The molecule has 0 spiro atoms. The zero-order valence-corrected chi connectivity index (χ0v) is 17.0. The van der Waals surface area contributed by atoms with E-state index in [4.69, 9.17) is 0 Å². The molecule has 2 heterocycles. The van der Waals surface area contributed by atoms with Gasteiger partial charge in [-0.05, 0) is 68.1 Å². The molecule has 3 N–H and O–H groups in total. The predicted molar refractivity (Wildman–Crippen MR) is 115 cm³/mol. The Labute approximate surface area is 173 Å². The highest BCUT2D eigenvalue weighted by Crippen LogP contribution is 2.15. The van der Waals surface area contributed by atoms with E-state index in [2.05, 4.69) is 33.1 Å². The van der Waals surface area contributed by atoms with Crippen LogP contribution in [0.5, 0.6) is 0 Å². The molecule has 2 aromatic rings. The Balaban J connectivity index is 0.00000182. The summed E-state index contributed by atoms with van der Waals surface area (Å²) in [6, 6.07) is 11.9. The van der Waals surface area contributed by atoms with Crippen molar-refractivity contribution < 1.29 is 4.79 Å². The fraction of sp³-hybridized carbons (Fsp3) is 0.400. The van der Waals surface area contributed by atoms with Crippen LogP contribution in [0.3, 0.4) is 0 Å². The third-order valence-electron chi connectivity index (χ3n) is 4.53. The lowest BCUT2D eigenvalue weighted by atomic mass is 9.98. The average molecular weight is 411 g/mol. The molecule has 1 aromatic heterocycles. The van der Waals surface area contributed by atoms with Crippen LogP contribution in [0.15, 0.2) is 48.8 Å². The molecular weight excluding hydrogens is 383 g/mol. The van der Waals surface area contributed by atoms with Crippen molar-refractivity contribution in [3.8, 4) is 0 Å². The summed E-state index contributed by atoms with van der Waals surface area (Å²) in [6.45, 7) is 3.69. The number of aromatic nitrogens is 1. The van der Waals surface area contributed by atoms with E-state index in [1.54, 1.807) is 12.4 Å². The molecule has 1 aliphatic heterocycles. The maximum atomic E-state index is 12.2. The number of rotatable bonds is 8. The molecule has 148 valence electrons. The molecule has 7 heteroatoms. The second-order valence-electron chi connectivity index (χ2n) is 6.54. The molecule has 1 amide bonds. The Hall–Kier alpha value is -1.82. The standard InChI is InChI=1S/C20H26N4O.2ClH/c25-20(24-11-2-10-23-19-3-1-9-21-15-19)18-6-4-16(5-7-18)13-17-8-12-22-14-17;;/h1,3-7,9,15,17,22-23H,2,8,10-14H2,(H,24,25);2*1H. The van der Waals surface area contributed by atoms with Gasteiger partial charge in [0.25, 0.3) is 5.91 Å². The van der Waals surface area contributed by atoms with E-state index in [1.807, 2.05) is 24.3 Å². The third kappa shape index (κ3) is 7.75. The van der Waals surface area contributed by atoms with Crippen LogP contribution in [0, 0.1) is 5.92 Å². The molecule has 1 atom stereocenters. The first-order chi connectivity index (χ1) is 12.3. The monoisotopic (exact) mass is 410 g/mol. The minimum absolute atomic E-state index is 0. The van der Waals surface area contributed by atoms with Crippen molar-refractivity contribution in [3.63, 3.8) is 0 Å². The Morgan fingerprint density at radius 2 is 1.96 bits per heavy atom. The summed E-state index contributed by atoms with van der Waals surface area (Å²) < 4.78 is 0. The largest absolute Gasteiger partial charge is 0.384 e. The van der Waals surface area contributed by atoms with Crippen molar-refractivity contribution >= 4 is 36.4 Å². The summed E-state index contributed by atoms with van der Waals surface area (Å²) in [5.41, 5.74) is 3.04. The van der Waals surface area contributed by atoms with Crippen LogP contribution in [0.2, 0.25) is 0 Å². The molecule has 1 saturated heterocycles. The molecule has 1 fully saturated rings. The summed E-state index contributed by atoms with van der Waals surface area (Å²) in [5.74, 6) is 0.724. The first kappa shape index (κ1) is 23.2. The van der Waals surface area contributed by atoms with Gasteiger partial charge in [0.2, 0.25) is 0 Å². The first-order valence-corrected chi connectivity index (χ1v) is 9.03. The quantitative estimate of drug-likeness (QED) is 0.584. The molecule has 1 unspecified atom stereocenters. The molecule has 5 nitrogen and oxygen atoms in total. The van der Waals surface area contributed by atoms with Gasteiger partial charge in [0.15, 0.2) is 0 Å². The normalized spacial score (nSPS) is 15.3. The summed E-state index contributed by atoms with van der Waals surface area (Å²) in [5, 5.41) is 9.65. The van der Waals surface area contributed by atoms with Gasteiger partial charge < -0.3 is 16.0 Å². The molecule has 27 heavy (non-hydrogen) atoms. The lowest BCUT2D eigenvalue weighted by Gasteiger charge is -2.10. The van der Waals surface area contributed by atoms with E-state index in [0.29, 0.717) is 6.54 Å². The van der Waals surface area contributed by atoms with E-state index in [1.165, 1.54) is 12.0 Å². The van der Waals surface area contributed by atoms with Crippen LogP contribution in [0.1, 0.15) is 28.8 Å². The highest BCUT2D eigenvalue weighted by atomic mass is 35.5. The molecule has 0 aliphatic carbocycles. The Morgan fingerprint density at radius 3 is 2.63 bits per heavy atom. The second kappa shape index (κ2) is 12.5. The summed E-state index contributed by atoms with van der Waals surface area (Å²) in [4.78, 5) is 16.2. The van der Waals surface area contributed by atoms with Crippen LogP contribution >= 0.6 is 24.8 Å². The van der Waals surface area contributed by atoms with Gasteiger partial charge in [0.1, 0.15) is 0 Å². The highest BCUT2D eigenvalue weighted by molar-refractivity contribution is 5.94. The SMILES string of the molecule is Cl.Cl.O=C(NCCCNc1cccnc1)c1ccc(CC2CCNC2)cc1. The zero-order valence-electron chi connectivity index (χ0n) is 15.3. The fourth-order valence-corrected chi connectivity index (χ4v) is 3.11. The van der Waals surface area contributed by atoms with E-state index in [0.717, 1.165) is 49.6 Å². The minimum atomic E-state index is -0.00420. The van der Waals surface area contributed by atoms with Crippen molar-refractivity contribution in [1.82, 2.24) is 15.6 Å². The number of carbonyl (C=O) groups is 1. The Bertz CT molecular complexity index is 661. The molecular formula is C20H28Cl2N4O. The number of benzene rings is 1. The van der Waals surface area contributed by atoms with Crippen molar-refractivity contribution in [1.29, 1.82) is 0 Å². The average Bonchev–Trinajstić information content (AvgIpc) is 3.16. The molecule has 0 bridgehead atoms. The lowest BCUT2D eigenvalue weighted by molar-refractivity contribution is 0.0953. The Morgan fingerprint density at radius 1 is 1.15 bits per heavy atom. The summed E-state index contributed by atoms with van der Waals surface area (Å²) >= 11 is 0. The van der Waals surface area contributed by atoms with Gasteiger partial charge in [-0.25, -0.2) is 0 Å².